The minimum atomic E-state index is -0.718. The Morgan fingerprint density at radius 3 is 3.00 bits per heavy atom. The molecule has 10 nitrogen and oxygen atoms in total. The van der Waals surface area contributed by atoms with Crippen molar-refractivity contribution in [2.24, 2.45) is 0 Å². The Morgan fingerprint density at radius 1 is 1.33 bits per heavy atom. The Morgan fingerprint density at radius 2 is 2.22 bits per heavy atom. The van der Waals surface area contributed by atoms with Gasteiger partial charge < -0.3 is 24.9 Å². The fourth-order valence-corrected chi connectivity index (χ4v) is 4.70. The normalized spacial score (nSPS) is 16.6. The van der Waals surface area contributed by atoms with Crippen LogP contribution in [0.25, 0.3) is 0 Å². The van der Waals surface area contributed by atoms with Crippen LogP contribution >= 0.6 is 11.6 Å². The number of halogens is 1. The summed E-state index contributed by atoms with van der Waals surface area (Å²) in [6.07, 6.45) is 7.82. The number of oxazole rings is 1. The second-order valence-corrected chi connectivity index (χ2v) is 9.56. The number of carbonyl (C=O) groups excluding carboxylic acids is 1. The first kappa shape index (κ1) is 24.5. The Labute approximate surface area is 214 Å². The largest absolute Gasteiger partial charge is 0.484 e. The third kappa shape index (κ3) is 5.95. The Kier molecular flexibility index (Phi) is 7.64. The molecule has 0 spiro atoms. The van der Waals surface area contributed by atoms with Gasteiger partial charge in [0.25, 0.3) is 5.91 Å². The lowest BCUT2D eigenvalue weighted by Crippen LogP contribution is -2.42. The first-order chi connectivity index (χ1) is 17.5. The van der Waals surface area contributed by atoms with Crippen molar-refractivity contribution in [3.63, 3.8) is 0 Å². The summed E-state index contributed by atoms with van der Waals surface area (Å²) in [5.74, 6) is 1.56. The number of nitrogens with zero attached hydrogens (tertiary/aromatic N) is 4. The minimum Gasteiger partial charge on any atom is -0.484 e. The van der Waals surface area contributed by atoms with Crippen LogP contribution < -0.4 is 15.4 Å². The van der Waals surface area contributed by atoms with Crippen molar-refractivity contribution in [2.45, 2.75) is 51.0 Å². The third-order valence-electron chi connectivity index (χ3n) is 6.55. The van der Waals surface area contributed by atoms with Crippen LogP contribution in [-0.2, 0) is 19.6 Å². The summed E-state index contributed by atoms with van der Waals surface area (Å²) in [5, 5.41) is 17.2. The highest BCUT2D eigenvalue weighted by molar-refractivity contribution is 6.33. The van der Waals surface area contributed by atoms with E-state index in [0.717, 1.165) is 36.9 Å². The molecule has 3 N–H and O–H groups in total. The summed E-state index contributed by atoms with van der Waals surface area (Å²) in [6.45, 7) is 2.22. The molecule has 0 unspecified atom stereocenters. The fourth-order valence-electron chi connectivity index (χ4n) is 4.36. The molecule has 5 rings (SSSR count). The molecule has 1 aliphatic heterocycles. The molecule has 2 aromatic heterocycles. The number of fused-ring (bicyclic) bond motifs is 1. The average Bonchev–Trinajstić information content (AvgIpc) is 3.38. The van der Waals surface area contributed by atoms with E-state index in [0.29, 0.717) is 41.5 Å². The summed E-state index contributed by atoms with van der Waals surface area (Å²) in [6, 6.07) is 5.92. The molecule has 0 bridgehead atoms. The molecular formula is C25H29ClN6O4. The SMILES string of the molecule is O=C(NC[C@H](O)CN1CCc2c(ccc(OCc3cnco3)c2Cl)C1)c1cc(NC2CCC2)ncn1. The van der Waals surface area contributed by atoms with E-state index >= 15 is 0 Å². The molecule has 0 saturated heterocycles. The van der Waals surface area contributed by atoms with E-state index in [4.69, 9.17) is 20.8 Å². The van der Waals surface area contributed by atoms with Gasteiger partial charge in [0.2, 0.25) is 0 Å². The molecule has 2 aliphatic rings. The molecule has 190 valence electrons. The number of aliphatic hydroxyl groups is 1. The molecule has 1 aromatic carbocycles. The number of rotatable bonds is 10. The molecule has 11 heteroatoms. The van der Waals surface area contributed by atoms with Gasteiger partial charge in [0, 0.05) is 38.3 Å². The maximum atomic E-state index is 12.5. The zero-order chi connectivity index (χ0) is 24.9. The van der Waals surface area contributed by atoms with Crippen molar-refractivity contribution in [1.29, 1.82) is 0 Å². The highest BCUT2D eigenvalue weighted by atomic mass is 35.5. The minimum absolute atomic E-state index is 0.132. The zero-order valence-electron chi connectivity index (χ0n) is 19.8. The average molecular weight is 513 g/mol. The summed E-state index contributed by atoms with van der Waals surface area (Å²) in [7, 11) is 0. The summed E-state index contributed by atoms with van der Waals surface area (Å²) >= 11 is 6.61. The number of amides is 1. The molecule has 1 saturated carbocycles. The van der Waals surface area contributed by atoms with Crippen molar-refractivity contribution in [3.8, 4) is 5.75 Å². The number of aromatic nitrogens is 3. The second kappa shape index (κ2) is 11.2. The highest BCUT2D eigenvalue weighted by Crippen LogP contribution is 2.34. The van der Waals surface area contributed by atoms with E-state index in [9.17, 15) is 9.90 Å². The van der Waals surface area contributed by atoms with Crippen LogP contribution in [0, 0.1) is 0 Å². The molecule has 1 atom stereocenters. The van der Waals surface area contributed by atoms with Crippen LogP contribution in [0.1, 0.15) is 46.6 Å². The lowest BCUT2D eigenvalue weighted by Gasteiger charge is -2.31. The first-order valence-electron chi connectivity index (χ1n) is 12.1. The number of aliphatic hydroxyl groups excluding tert-OH is 1. The number of ether oxygens (including phenoxy) is 1. The van der Waals surface area contributed by atoms with Gasteiger partial charge in [-0.25, -0.2) is 15.0 Å². The first-order valence-corrected chi connectivity index (χ1v) is 12.5. The number of β-amino-alcohol motifs (C(OH)–C–C–N with tert-alkyl or cyclic N) is 1. The van der Waals surface area contributed by atoms with Gasteiger partial charge >= 0.3 is 0 Å². The standard InChI is InChI=1S/C25H29ClN6O4/c26-24-20-6-7-32(11-16(20)4-5-22(24)35-13-19-10-27-15-36-19)12-18(33)9-28-25(34)21-8-23(30-14-29-21)31-17-2-1-3-17/h4-5,8,10,14-15,17-18,33H,1-3,6-7,9,11-13H2,(H,28,34)(H,29,30,31)/t18-/m0/s1. The fraction of sp³-hybridized carbons (Fsp3) is 0.440. The molecule has 3 heterocycles. The van der Waals surface area contributed by atoms with E-state index in [-0.39, 0.29) is 24.8 Å². The van der Waals surface area contributed by atoms with E-state index in [2.05, 4.69) is 30.5 Å². The molecule has 36 heavy (non-hydrogen) atoms. The van der Waals surface area contributed by atoms with Crippen molar-refractivity contribution >= 4 is 23.3 Å². The number of hydrogen-bond acceptors (Lipinski definition) is 9. The number of benzene rings is 1. The number of hydrogen-bond donors (Lipinski definition) is 3. The van der Waals surface area contributed by atoms with Gasteiger partial charge in [0.15, 0.2) is 12.2 Å². The molecule has 3 aromatic rings. The van der Waals surface area contributed by atoms with Crippen molar-refractivity contribution in [2.75, 3.05) is 25.0 Å². The maximum Gasteiger partial charge on any atom is 0.270 e. The molecular weight excluding hydrogens is 484 g/mol. The van der Waals surface area contributed by atoms with Gasteiger partial charge in [-0.05, 0) is 42.9 Å². The van der Waals surface area contributed by atoms with Crippen molar-refractivity contribution in [1.82, 2.24) is 25.2 Å². The summed E-state index contributed by atoms with van der Waals surface area (Å²) < 4.78 is 11.0. The summed E-state index contributed by atoms with van der Waals surface area (Å²) in [4.78, 5) is 26.8. The maximum absolute atomic E-state index is 12.5. The van der Waals surface area contributed by atoms with E-state index in [1.165, 1.54) is 19.1 Å². The lowest BCUT2D eigenvalue weighted by molar-refractivity contribution is 0.0838. The molecule has 1 aliphatic carbocycles. The summed E-state index contributed by atoms with van der Waals surface area (Å²) in [5.41, 5.74) is 2.43. The van der Waals surface area contributed by atoms with Gasteiger partial charge in [0.1, 0.15) is 30.2 Å². The predicted molar refractivity (Wildman–Crippen MR) is 133 cm³/mol. The van der Waals surface area contributed by atoms with Crippen molar-refractivity contribution < 1.29 is 19.1 Å². The quantitative estimate of drug-likeness (QED) is 0.376. The Bertz CT molecular complexity index is 1190. The third-order valence-corrected chi connectivity index (χ3v) is 6.97. The van der Waals surface area contributed by atoms with Gasteiger partial charge in [-0.2, -0.15) is 0 Å². The van der Waals surface area contributed by atoms with E-state index in [1.54, 1.807) is 12.3 Å². The van der Waals surface area contributed by atoms with E-state index in [1.807, 2.05) is 12.1 Å². The van der Waals surface area contributed by atoms with Crippen LogP contribution in [0.2, 0.25) is 5.02 Å². The topological polar surface area (TPSA) is 126 Å². The monoisotopic (exact) mass is 512 g/mol. The lowest BCUT2D eigenvalue weighted by atomic mass is 9.93. The Balaban J connectivity index is 1.10. The predicted octanol–water partition coefficient (Wildman–Crippen LogP) is 2.81. The number of nitrogens with one attached hydrogen (secondary N) is 2. The highest BCUT2D eigenvalue weighted by Gasteiger charge is 2.23. The van der Waals surface area contributed by atoms with Crippen molar-refractivity contribution in [3.05, 3.63) is 64.7 Å². The zero-order valence-corrected chi connectivity index (χ0v) is 20.6. The van der Waals surface area contributed by atoms with E-state index < -0.39 is 6.10 Å². The van der Waals surface area contributed by atoms with Crippen LogP contribution in [0.15, 0.2) is 41.5 Å². The van der Waals surface area contributed by atoms with Crippen LogP contribution in [0.3, 0.4) is 0 Å². The number of anilines is 1. The molecule has 1 amide bonds. The smallest absolute Gasteiger partial charge is 0.270 e. The number of carbonyl (C=O) groups is 1. The van der Waals surface area contributed by atoms with Gasteiger partial charge in [-0.3, -0.25) is 9.69 Å². The van der Waals surface area contributed by atoms with Gasteiger partial charge in [-0.1, -0.05) is 17.7 Å². The van der Waals surface area contributed by atoms with Crippen LogP contribution in [-0.4, -0.2) is 62.6 Å². The van der Waals surface area contributed by atoms with Crippen LogP contribution in [0.5, 0.6) is 5.75 Å². The molecule has 1 fully saturated rings. The van der Waals surface area contributed by atoms with Gasteiger partial charge in [-0.15, -0.1) is 0 Å². The van der Waals surface area contributed by atoms with Crippen LogP contribution in [0.4, 0.5) is 5.82 Å². The second-order valence-electron chi connectivity index (χ2n) is 9.18. The molecule has 0 radical (unpaired) electrons. The Hall–Kier alpha value is -3.21. The van der Waals surface area contributed by atoms with Gasteiger partial charge in [0.05, 0.1) is 17.3 Å².